The van der Waals surface area contributed by atoms with Crippen molar-refractivity contribution in [2.75, 3.05) is 19.6 Å². The van der Waals surface area contributed by atoms with Gasteiger partial charge >= 0.3 is 0 Å². The van der Waals surface area contributed by atoms with Crippen LogP contribution in [0.15, 0.2) is 60.7 Å². The molecule has 0 aromatic heterocycles. The molecular weight excluding hydrogens is 294 g/mol. The van der Waals surface area contributed by atoms with E-state index in [2.05, 4.69) is 29.2 Å². The van der Waals surface area contributed by atoms with Crippen LogP contribution in [0.1, 0.15) is 41.6 Å². The summed E-state index contributed by atoms with van der Waals surface area (Å²) in [6, 6.07) is 20.3. The van der Waals surface area contributed by atoms with Crippen LogP contribution in [0.2, 0.25) is 0 Å². The average Bonchev–Trinajstić information content (AvgIpc) is 2.67. The number of piperidine rings is 1. The number of carbonyl (C=O) groups excluding carboxylic acids is 1. The molecule has 0 saturated carbocycles. The van der Waals surface area contributed by atoms with E-state index in [1.807, 2.05) is 36.4 Å². The minimum atomic E-state index is 0.0886. The van der Waals surface area contributed by atoms with E-state index >= 15 is 0 Å². The van der Waals surface area contributed by atoms with Gasteiger partial charge in [0.1, 0.15) is 0 Å². The minimum Gasteiger partial charge on any atom is -0.303 e. The Morgan fingerprint density at radius 3 is 2.17 bits per heavy atom. The molecule has 1 fully saturated rings. The first-order chi connectivity index (χ1) is 11.8. The van der Waals surface area contributed by atoms with Gasteiger partial charge in [-0.2, -0.15) is 0 Å². The van der Waals surface area contributed by atoms with E-state index in [4.69, 9.17) is 0 Å². The summed E-state index contributed by atoms with van der Waals surface area (Å²) in [5, 5.41) is 0. The topological polar surface area (TPSA) is 20.3 Å². The van der Waals surface area contributed by atoms with Crippen LogP contribution in [0, 0.1) is 5.92 Å². The van der Waals surface area contributed by atoms with Gasteiger partial charge in [-0.1, -0.05) is 67.1 Å². The van der Waals surface area contributed by atoms with E-state index in [1.54, 1.807) is 0 Å². The number of hydrogen-bond donors (Lipinski definition) is 0. The molecular formula is C22H27NO. The van der Waals surface area contributed by atoms with Gasteiger partial charge in [0.05, 0.1) is 0 Å². The first-order valence-electron chi connectivity index (χ1n) is 9.18. The number of rotatable bonds is 7. The Labute approximate surface area is 145 Å². The van der Waals surface area contributed by atoms with Crippen LogP contribution in [0.5, 0.6) is 0 Å². The number of hydrogen-bond acceptors (Lipinski definition) is 2. The number of carbonyl (C=O) groups is 1. The first-order valence-corrected chi connectivity index (χ1v) is 9.18. The van der Waals surface area contributed by atoms with Gasteiger partial charge < -0.3 is 4.90 Å². The Bertz CT molecular complexity index is 617. The molecule has 2 nitrogen and oxygen atoms in total. The maximum atomic E-state index is 13.0. The molecule has 0 bridgehead atoms. The van der Waals surface area contributed by atoms with Crippen molar-refractivity contribution in [2.45, 2.75) is 32.1 Å². The number of benzene rings is 2. The zero-order valence-electron chi connectivity index (χ0n) is 14.4. The Balaban J connectivity index is 1.68. The third kappa shape index (κ3) is 4.78. The second-order valence-corrected chi connectivity index (χ2v) is 6.81. The van der Waals surface area contributed by atoms with E-state index in [9.17, 15) is 4.79 Å². The van der Waals surface area contributed by atoms with Crippen LogP contribution in [0.4, 0.5) is 0 Å². The Morgan fingerprint density at radius 1 is 0.875 bits per heavy atom. The fourth-order valence-electron chi connectivity index (χ4n) is 3.58. The highest BCUT2D eigenvalue weighted by molar-refractivity contribution is 5.97. The van der Waals surface area contributed by atoms with Crippen molar-refractivity contribution >= 4 is 5.78 Å². The number of ketones is 1. The van der Waals surface area contributed by atoms with Crippen LogP contribution in [-0.4, -0.2) is 30.3 Å². The molecule has 1 saturated heterocycles. The second-order valence-electron chi connectivity index (χ2n) is 6.81. The molecule has 0 N–H and O–H groups in total. The molecule has 1 aliphatic heterocycles. The Hall–Kier alpha value is -1.93. The maximum Gasteiger partial charge on any atom is 0.167 e. The van der Waals surface area contributed by atoms with Crippen molar-refractivity contribution in [1.82, 2.24) is 4.90 Å². The molecule has 1 heterocycles. The summed E-state index contributed by atoms with van der Waals surface area (Å²) in [5.74, 6) is 0.391. The van der Waals surface area contributed by atoms with Crippen molar-refractivity contribution in [3.05, 3.63) is 71.8 Å². The molecule has 1 atom stereocenters. The van der Waals surface area contributed by atoms with E-state index in [-0.39, 0.29) is 5.92 Å². The minimum absolute atomic E-state index is 0.0886. The molecule has 3 rings (SSSR count). The molecule has 126 valence electrons. The highest BCUT2D eigenvalue weighted by Crippen LogP contribution is 2.19. The summed E-state index contributed by atoms with van der Waals surface area (Å²) in [5.41, 5.74) is 2.18. The van der Waals surface area contributed by atoms with Gasteiger partial charge in [-0.25, -0.2) is 0 Å². The molecule has 24 heavy (non-hydrogen) atoms. The van der Waals surface area contributed by atoms with Gasteiger partial charge in [0.25, 0.3) is 0 Å². The van der Waals surface area contributed by atoms with E-state index in [1.165, 1.54) is 24.8 Å². The van der Waals surface area contributed by atoms with E-state index in [0.29, 0.717) is 5.78 Å². The SMILES string of the molecule is O=C(c1ccccc1)C(CCc1ccccc1)CN1CCCCC1. The summed E-state index contributed by atoms with van der Waals surface area (Å²) in [6.45, 7) is 3.19. The number of nitrogens with zero attached hydrogens (tertiary/aromatic N) is 1. The van der Waals surface area contributed by atoms with E-state index < -0.39 is 0 Å². The predicted octanol–water partition coefficient (Wildman–Crippen LogP) is 4.60. The van der Waals surface area contributed by atoms with Crippen molar-refractivity contribution in [1.29, 1.82) is 0 Å². The maximum absolute atomic E-state index is 13.0. The van der Waals surface area contributed by atoms with Crippen molar-refractivity contribution in [3.63, 3.8) is 0 Å². The normalized spacial score (nSPS) is 16.7. The third-order valence-electron chi connectivity index (χ3n) is 4.98. The van der Waals surface area contributed by atoms with Crippen LogP contribution in [0.25, 0.3) is 0 Å². The summed E-state index contributed by atoms with van der Waals surface area (Å²) >= 11 is 0. The standard InChI is InChI=1S/C22H27NO/c24-22(20-12-6-2-7-13-20)21(18-23-16-8-3-9-17-23)15-14-19-10-4-1-5-11-19/h1-2,4-7,10-13,21H,3,8-9,14-18H2. The summed E-state index contributed by atoms with van der Waals surface area (Å²) in [4.78, 5) is 15.5. The number of likely N-dealkylation sites (tertiary alicyclic amines) is 1. The van der Waals surface area contributed by atoms with Gasteiger partial charge in [-0.15, -0.1) is 0 Å². The van der Waals surface area contributed by atoms with Crippen LogP contribution < -0.4 is 0 Å². The van der Waals surface area contributed by atoms with Crippen molar-refractivity contribution in [2.24, 2.45) is 5.92 Å². The summed E-state index contributed by atoms with van der Waals surface area (Å²) in [7, 11) is 0. The largest absolute Gasteiger partial charge is 0.303 e. The fraction of sp³-hybridized carbons (Fsp3) is 0.409. The number of Topliss-reactive ketones (excluding diaryl/α,β-unsaturated/α-hetero) is 1. The van der Waals surface area contributed by atoms with Crippen LogP contribution in [-0.2, 0) is 6.42 Å². The predicted molar refractivity (Wildman–Crippen MR) is 99.3 cm³/mol. The summed E-state index contributed by atoms with van der Waals surface area (Å²) < 4.78 is 0. The molecule has 1 aliphatic rings. The van der Waals surface area contributed by atoms with Gasteiger partial charge in [-0.3, -0.25) is 4.79 Å². The zero-order chi connectivity index (χ0) is 16.6. The smallest absolute Gasteiger partial charge is 0.167 e. The molecule has 2 aromatic carbocycles. The lowest BCUT2D eigenvalue weighted by Crippen LogP contribution is -2.37. The highest BCUT2D eigenvalue weighted by Gasteiger charge is 2.23. The Kier molecular flexibility index (Phi) is 6.20. The molecule has 0 amide bonds. The lowest BCUT2D eigenvalue weighted by Gasteiger charge is -2.30. The second kappa shape index (κ2) is 8.79. The summed E-state index contributed by atoms with van der Waals surface area (Å²) in [6.07, 6.45) is 5.76. The third-order valence-corrected chi connectivity index (χ3v) is 4.98. The first kappa shape index (κ1) is 16.9. The van der Waals surface area contributed by atoms with Gasteiger partial charge in [0.2, 0.25) is 0 Å². The van der Waals surface area contributed by atoms with Crippen molar-refractivity contribution < 1.29 is 4.79 Å². The molecule has 2 heteroatoms. The van der Waals surface area contributed by atoms with Gasteiger partial charge in [0, 0.05) is 18.0 Å². The zero-order valence-corrected chi connectivity index (χ0v) is 14.4. The molecule has 0 spiro atoms. The lowest BCUT2D eigenvalue weighted by atomic mass is 9.90. The van der Waals surface area contributed by atoms with Crippen LogP contribution >= 0.6 is 0 Å². The highest BCUT2D eigenvalue weighted by atomic mass is 16.1. The fourth-order valence-corrected chi connectivity index (χ4v) is 3.58. The number of aryl methyl sites for hydroxylation is 1. The van der Waals surface area contributed by atoms with Crippen molar-refractivity contribution in [3.8, 4) is 0 Å². The Morgan fingerprint density at radius 2 is 1.50 bits per heavy atom. The monoisotopic (exact) mass is 321 g/mol. The molecule has 1 unspecified atom stereocenters. The molecule has 0 radical (unpaired) electrons. The van der Waals surface area contributed by atoms with Gasteiger partial charge in [-0.05, 0) is 44.3 Å². The van der Waals surface area contributed by atoms with Gasteiger partial charge in [0.15, 0.2) is 5.78 Å². The molecule has 0 aliphatic carbocycles. The molecule has 2 aromatic rings. The van der Waals surface area contributed by atoms with E-state index in [0.717, 1.165) is 38.0 Å². The lowest BCUT2D eigenvalue weighted by molar-refractivity contribution is 0.0859. The average molecular weight is 321 g/mol. The quantitative estimate of drug-likeness (QED) is 0.694. The van der Waals surface area contributed by atoms with Crippen LogP contribution in [0.3, 0.4) is 0 Å².